The number of carbonyl (C=O) groups is 9. The molecule has 10 atom stereocenters. The minimum atomic E-state index is -2.14. The number of aliphatic hydroxyl groups is 1. The van der Waals surface area contributed by atoms with Crippen molar-refractivity contribution in [3.05, 3.63) is 46.9 Å². The smallest absolute Gasteiger partial charge is 0.352 e. The van der Waals surface area contributed by atoms with Crippen molar-refractivity contribution in [1.29, 1.82) is 0 Å². The van der Waals surface area contributed by atoms with Crippen LogP contribution in [0, 0.1) is 23.4 Å². The van der Waals surface area contributed by atoms with Crippen molar-refractivity contribution in [2.24, 2.45) is 51.0 Å². The Morgan fingerprint density at radius 3 is 2.13 bits per heavy atom. The fourth-order valence-electron chi connectivity index (χ4n) is 9.17. The number of carboxylic acids is 1. The number of benzene rings is 1. The van der Waals surface area contributed by atoms with Crippen LogP contribution in [0.5, 0.6) is 0 Å². The number of guanidine groups is 1. The molecule has 8 amide bonds. The monoisotopic (exact) mass is 1110 g/mol. The van der Waals surface area contributed by atoms with Crippen molar-refractivity contribution in [2.45, 2.75) is 137 Å². The van der Waals surface area contributed by atoms with E-state index in [-0.39, 0.29) is 89.1 Å². The van der Waals surface area contributed by atoms with Gasteiger partial charge in [-0.05, 0) is 121 Å². The predicted molar refractivity (Wildman–Crippen MR) is 274 cm³/mol. The molecule has 1 aromatic rings. The van der Waals surface area contributed by atoms with E-state index in [1.54, 1.807) is 0 Å². The lowest BCUT2D eigenvalue weighted by Crippen LogP contribution is -2.61. The summed E-state index contributed by atoms with van der Waals surface area (Å²) in [6.07, 6.45) is 1.54. The van der Waals surface area contributed by atoms with Gasteiger partial charge in [-0.3, -0.25) is 43.3 Å². The second-order valence-electron chi connectivity index (χ2n) is 19.6. The quantitative estimate of drug-likeness (QED) is 0.0106. The Bertz CT molecular complexity index is 2440. The Labute approximate surface area is 447 Å². The molecule has 1 aromatic carbocycles. The highest BCUT2D eigenvalue weighted by molar-refractivity contribution is 6.02. The molecule has 3 aliphatic rings. The SMILES string of the molecule is C[C@H](NC(=O)[C@@H](NC(=O)C1(N)C[C@@H]1CCCN)[C@@H](O)CN)C(=O)NCC(=O)N[C@H](CCCN)C(=O)N1CCC[C@H]1C(=O)NC1(C(=O)N[C@@H](CCCCN)C(=O)N/C(=C\CCN=C(N)N)C(=O)O)C[C@H]1c1cc(F)c(F)cc1F. The summed E-state index contributed by atoms with van der Waals surface area (Å²) in [5.74, 6) is -14.8. The molecule has 78 heavy (non-hydrogen) atoms. The fourth-order valence-corrected chi connectivity index (χ4v) is 9.17. The molecule has 2 saturated carbocycles. The molecule has 1 saturated heterocycles. The van der Waals surface area contributed by atoms with Gasteiger partial charge >= 0.3 is 5.97 Å². The first kappa shape index (κ1) is 63.5. The number of nitrogens with zero attached hydrogens (tertiary/aromatic N) is 2. The van der Waals surface area contributed by atoms with Crippen molar-refractivity contribution in [2.75, 3.05) is 45.8 Å². The minimum Gasteiger partial charge on any atom is -0.477 e. The molecule has 434 valence electrons. The number of amides is 8. The summed E-state index contributed by atoms with van der Waals surface area (Å²) in [5.41, 5.74) is 34.9. The first-order chi connectivity index (χ1) is 36.9. The number of aliphatic hydroxyl groups excluding tert-OH is 1. The first-order valence-electron chi connectivity index (χ1n) is 25.7. The fraction of sp³-hybridized carbons (Fsp3) is 0.625. The molecule has 2 aliphatic carbocycles. The largest absolute Gasteiger partial charge is 0.477 e. The van der Waals surface area contributed by atoms with E-state index in [1.807, 2.05) is 0 Å². The molecule has 1 heterocycles. The lowest BCUT2D eigenvalue weighted by molar-refractivity contribution is -0.142. The number of carbonyl (C=O) groups excluding carboxylic acids is 8. The summed E-state index contributed by atoms with van der Waals surface area (Å²) in [6, 6.07) is -6.29. The van der Waals surface area contributed by atoms with Gasteiger partial charge in [0, 0.05) is 31.6 Å². The predicted octanol–water partition coefficient (Wildman–Crippen LogP) is -5.10. The number of carboxylic acid groups (broad SMARTS) is 1. The lowest BCUT2D eigenvalue weighted by atomic mass is 10.0. The van der Waals surface area contributed by atoms with Crippen LogP contribution in [-0.4, -0.2) is 168 Å². The van der Waals surface area contributed by atoms with Crippen LogP contribution in [0.4, 0.5) is 13.2 Å². The van der Waals surface area contributed by atoms with Gasteiger partial charge in [0.1, 0.15) is 47.3 Å². The van der Waals surface area contributed by atoms with Crippen molar-refractivity contribution < 1.29 is 66.5 Å². The second-order valence-corrected chi connectivity index (χ2v) is 19.6. The van der Waals surface area contributed by atoms with E-state index in [0.29, 0.717) is 38.3 Å². The van der Waals surface area contributed by atoms with Gasteiger partial charge in [-0.15, -0.1) is 0 Å². The molecule has 2 unspecified atom stereocenters. The van der Waals surface area contributed by atoms with Gasteiger partial charge < -0.3 is 92.5 Å². The number of nitrogens with two attached hydrogens (primary N) is 7. The molecule has 3 fully saturated rings. The number of nitrogens with one attached hydrogen (secondary N) is 7. The zero-order valence-corrected chi connectivity index (χ0v) is 43.4. The highest BCUT2D eigenvalue weighted by atomic mass is 19.2. The van der Waals surface area contributed by atoms with Crippen molar-refractivity contribution >= 4 is 59.2 Å². The Morgan fingerprint density at radius 1 is 0.821 bits per heavy atom. The Kier molecular flexibility index (Phi) is 23.7. The van der Waals surface area contributed by atoms with Gasteiger partial charge in [-0.25, -0.2) is 18.0 Å². The van der Waals surface area contributed by atoms with Crippen LogP contribution in [-0.2, 0) is 43.2 Å². The average Bonchev–Trinajstić information content (AvgIpc) is 4.38. The molecule has 0 spiro atoms. The maximum atomic E-state index is 15.4. The molecule has 1 aliphatic heterocycles. The van der Waals surface area contributed by atoms with Crippen LogP contribution in [0.2, 0.25) is 0 Å². The van der Waals surface area contributed by atoms with Crippen molar-refractivity contribution in [3.63, 3.8) is 0 Å². The summed E-state index contributed by atoms with van der Waals surface area (Å²) in [7, 11) is 0. The third kappa shape index (κ3) is 17.0. The van der Waals surface area contributed by atoms with Gasteiger partial charge in [0.05, 0.1) is 18.2 Å². The Hall–Kier alpha value is -6.99. The number of hydrogen-bond donors (Lipinski definition) is 16. The van der Waals surface area contributed by atoms with Gasteiger partial charge in [-0.1, -0.05) is 6.08 Å². The van der Waals surface area contributed by atoms with Crippen LogP contribution < -0.4 is 77.4 Å². The van der Waals surface area contributed by atoms with E-state index in [4.69, 9.17) is 40.1 Å². The topological polar surface area (TPSA) is 476 Å². The lowest BCUT2D eigenvalue weighted by Gasteiger charge is -2.31. The van der Waals surface area contributed by atoms with E-state index in [2.05, 4.69) is 42.2 Å². The summed E-state index contributed by atoms with van der Waals surface area (Å²) in [4.78, 5) is 127. The standard InChI is InChI=1S/C48H75F3N16O11/c1-24(61-41(73)37(35(68)22-55)65-44(77)47(58)20-25(47)8-4-14-53)38(70)60-23-36(69)62-32(10-5-15-54)42(74)67-17-7-12-34(67)40(72)66-48(21-27(48)26-18-29(50)30(51)19-28(26)49)45(78)64-31(9-2-3-13-52)39(71)63-33(43(75)76)11-6-16-59-46(56)57/h11,18-19,24-25,27,31-32,34-35,37,68H,2-10,12-17,20-23,52-55,58H2,1H3,(H,60,70)(H,61,73)(H,62,69)(H,63,71)(H,64,78)(H,65,77)(H,66,72)(H,75,76)(H4,56,57,59)/b33-11-/t24-,25-,27-,31-,32+,34-,35-,37-,47?,48?/m0/s1. The number of aliphatic imine (C=N–C) groups is 1. The Morgan fingerprint density at radius 2 is 1.49 bits per heavy atom. The number of halogens is 3. The minimum absolute atomic E-state index is 0.0174. The van der Waals surface area contributed by atoms with Gasteiger partial charge in [0.15, 0.2) is 17.6 Å². The second kappa shape index (κ2) is 29.1. The Balaban J connectivity index is 1.49. The first-order valence-corrected chi connectivity index (χ1v) is 25.7. The van der Waals surface area contributed by atoms with Crippen LogP contribution in [0.1, 0.15) is 95.5 Å². The van der Waals surface area contributed by atoms with E-state index in [1.165, 1.54) is 6.92 Å². The number of likely N-dealkylation sites (tertiary alicyclic amines) is 1. The summed E-state index contributed by atoms with van der Waals surface area (Å²) in [6.45, 7) is 0.672. The van der Waals surface area contributed by atoms with Crippen molar-refractivity contribution in [1.82, 2.24) is 42.1 Å². The van der Waals surface area contributed by atoms with Crippen LogP contribution in [0.3, 0.4) is 0 Å². The van der Waals surface area contributed by atoms with Crippen LogP contribution in [0.25, 0.3) is 0 Å². The molecule has 27 nitrogen and oxygen atoms in total. The van der Waals surface area contributed by atoms with E-state index in [9.17, 15) is 62.1 Å². The highest BCUT2D eigenvalue weighted by Crippen LogP contribution is 2.53. The van der Waals surface area contributed by atoms with Crippen LogP contribution >= 0.6 is 0 Å². The van der Waals surface area contributed by atoms with E-state index >= 15 is 4.39 Å². The number of aliphatic carboxylic acids is 1. The maximum Gasteiger partial charge on any atom is 0.352 e. The summed E-state index contributed by atoms with van der Waals surface area (Å²) in [5, 5.41) is 37.3. The summed E-state index contributed by atoms with van der Waals surface area (Å²) < 4.78 is 44.2. The molecular formula is C48H75F3N16O11. The number of rotatable bonds is 32. The maximum absolute atomic E-state index is 15.4. The van der Waals surface area contributed by atoms with Gasteiger partial charge in [0.2, 0.25) is 47.3 Å². The molecule has 23 N–H and O–H groups in total. The van der Waals surface area contributed by atoms with Gasteiger partial charge in [0.25, 0.3) is 0 Å². The normalized spacial score (nSPS) is 22.3. The molecule has 0 bridgehead atoms. The molecule has 4 rings (SSSR count). The van der Waals surface area contributed by atoms with Crippen molar-refractivity contribution in [3.8, 4) is 0 Å². The zero-order chi connectivity index (χ0) is 58.1. The van der Waals surface area contributed by atoms with Crippen LogP contribution in [0.15, 0.2) is 28.9 Å². The zero-order valence-electron chi connectivity index (χ0n) is 43.4. The average molecular weight is 1110 g/mol. The van der Waals surface area contributed by atoms with E-state index < -0.39 is 155 Å². The van der Waals surface area contributed by atoms with E-state index in [0.717, 1.165) is 11.0 Å². The molecule has 0 radical (unpaired) electrons. The molecule has 30 heteroatoms. The molecular weight excluding hydrogens is 1030 g/mol. The van der Waals surface area contributed by atoms with Gasteiger partial charge in [-0.2, -0.15) is 0 Å². The number of hydrogen-bond acceptors (Lipinski definition) is 16. The third-order valence-corrected chi connectivity index (χ3v) is 13.8. The summed E-state index contributed by atoms with van der Waals surface area (Å²) >= 11 is 0. The highest BCUT2D eigenvalue weighted by Gasteiger charge is 2.64. The molecule has 0 aromatic heterocycles. The number of unbranched alkanes of at least 4 members (excludes halogenated alkanes) is 1. The third-order valence-electron chi connectivity index (χ3n) is 13.8.